The fourth-order valence-corrected chi connectivity index (χ4v) is 2.83. The fraction of sp³-hybridized carbons (Fsp3) is 0.524. The molecule has 1 aliphatic heterocycles. The molecular formula is C21H29N3O5. The lowest BCUT2D eigenvalue weighted by Gasteiger charge is -2.29. The lowest BCUT2D eigenvalue weighted by atomic mass is 10.0. The molecule has 1 saturated heterocycles. The fourth-order valence-electron chi connectivity index (χ4n) is 2.83. The number of piperidine rings is 1. The van der Waals surface area contributed by atoms with Gasteiger partial charge in [0.25, 0.3) is 0 Å². The van der Waals surface area contributed by atoms with Crippen LogP contribution in [0.15, 0.2) is 29.4 Å². The molecule has 1 heterocycles. The van der Waals surface area contributed by atoms with E-state index >= 15 is 0 Å². The molecule has 0 spiro atoms. The van der Waals surface area contributed by atoms with Gasteiger partial charge in [-0.1, -0.05) is 38.1 Å². The largest absolute Gasteiger partial charge is 0.448 e. The number of aliphatic hydroxyl groups excluding tert-OH is 1. The van der Waals surface area contributed by atoms with Crippen molar-refractivity contribution >= 4 is 24.0 Å². The zero-order valence-electron chi connectivity index (χ0n) is 17.0. The highest BCUT2D eigenvalue weighted by Gasteiger charge is 2.21. The van der Waals surface area contributed by atoms with Crippen molar-refractivity contribution in [3.63, 3.8) is 0 Å². The second-order valence-electron chi connectivity index (χ2n) is 7.52. The maximum Gasteiger partial charge on any atom is 0.427 e. The number of nitrogens with zero attached hydrogens (tertiary/aromatic N) is 2. The van der Waals surface area contributed by atoms with Gasteiger partial charge in [-0.3, -0.25) is 9.59 Å². The molecule has 8 heteroatoms. The van der Waals surface area contributed by atoms with Crippen molar-refractivity contribution in [2.45, 2.75) is 45.6 Å². The van der Waals surface area contributed by atoms with E-state index in [4.69, 9.17) is 4.74 Å². The van der Waals surface area contributed by atoms with Crippen LogP contribution in [0.5, 0.6) is 0 Å². The highest BCUT2D eigenvalue weighted by atomic mass is 16.6. The van der Waals surface area contributed by atoms with Crippen LogP contribution in [0.3, 0.4) is 0 Å². The number of nitrogens with one attached hydrogen (secondary N) is 1. The second-order valence-corrected chi connectivity index (χ2v) is 7.52. The minimum atomic E-state index is -0.616. The van der Waals surface area contributed by atoms with Gasteiger partial charge in [0.2, 0.25) is 5.91 Å². The smallest absolute Gasteiger partial charge is 0.427 e. The number of carbonyl (C=O) groups excluding carboxylic acids is 3. The highest BCUT2D eigenvalue weighted by molar-refractivity contribution is 5.98. The van der Waals surface area contributed by atoms with Crippen molar-refractivity contribution < 1.29 is 24.2 Å². The summed E-state index contributed by atoms with van der Waals surface area (Å²) in [4.78, 5) is 37.6. The van der Waals surface area contributed by atoms with E-state index in [0.29, 0.717) is 43.7 Å². The molecule has 1 aromatic rings. The van der Waals surface area contributed by atoms with E-state index < -0.39 is 6.09 Å². The Bertz CT molecular complexity index is 722. The maximum atomic E-state index is 12.3. The number of hydrazone groups is 1. The van der Waals surface area contributed by atoms with Crippen LogP contribution in [0.4, 0.5) is 4.79 Å². The van der Waals surface area contributed by atoms with Gasteiger partial charge in [-0.05, 0) is 24.3 Å². The lowest BCUT2D eigenvalue weighted by molar-refractivity contribution is -0.133. The van der Waals surface area contributed by atoms with Crippen LogP contribution in [0, 0.1) is 5.92 Å². The van der Waals surface area contributed by atoms with Gasteiger partial charge in [-0.25, -0.2) is 10.2 Å². The molecule has 2 rings (SSSR count). The molecule has 0 atom stereocenters. The van der Waals surface area contributed by atoms with Crippen molar-refractivity contribution in [3.8, 4) is 0 Å². The monoisotopic (exact) mass is 403 g/mol. The van der Waals surface area contributed by atoms with Crippen LogP contribution in [0.2, 0.25) is 0 Å². The van der Waals surface area contributed by atoms with Crippen molar-refractivity contribution in [1.82, 2.24) is 10.3 Å². The van der Waals surface area contributed by atoms with Gasteiger partial charge in [0.1, 0.15) is 0 Å². The minimum absolute atomic E-state index is 0.0515. The van der Waals surface area contributed by atoms with E-state index in [1.165, 1.54) is 6.21 Å². The molecule has 1 aromatic carbocycles. The third-order valence-corrected chi connectivity index (χ3v) is 4.53. The molecule has 8 nitrogen and oxygen atoms in total. The lowest BCUT2D eigenvalue weighted by Crippen LogP contribution is -2.40. The van der Waals surface area contributed by atoms with Gasteiger partial charge in [-0.2, -0.15) is 5.10 Å². The summed E-state index contributed by atoms with van der Waals surface area (Å²) in [6.07, 6.45) is 2.01. The standard InChI is InChI=1S/C21H29N3O5/c1-15(2)14-29-21(28)23-22-13-16-3-5-17(6-4-16)19(26)7-8-20(27)24-11-9-18(25)10-12-24/h3-6,13,15,18,25H,7-12,14H2,1-2H3,(H,23,28). The van der Waals surface area contributed by atoms with Crippen molar-refractivity contribution in [2.24, 2.45) is 11.0 Å². The van der Waals surface area contributed by atoms with Crippen LogP contribution >= 0.6 is 0 Å². The average molecular weight is 403 g/mol. The second kappa shape index (κ2) is 11.3. The SMILES string of the molecule is CC(C)COC(=O)NN=Cc1ccc(C(=O)CCC(=O)N2CCC(O)CC2)cc1. The number of ether oxygens (including phenoxy) is 1. The number of amides is 2. The summed E-state index contributed by atoms with van der Waals surface area (Å²) >= 11 is 0. The molecule has 1 fully saturated rings. The zero-order valence-corrected chi connectivity index (χ0v) is 17.0. The van der Waals surface area contributed by atoms with E-state index in [1.54, 1.807) is 29.2 Å². The third kappa shape index (κ3) is 8.03. The first kappa shape index (κ1) is 22.5. The summed E-state index contributed by atoms with van der Waals surface area (Å²) < 4.78 is 4.94. The maximum absolute atomic E-state index is 12.3. The number of hydrogen-bond acceptors (Lipinski definition) is 6. The van der Waals surface area contributed by atoms with Gasteiger partial charge in [-0.15, -0.1) is 0 Å². The zero-order chi connectivity index (χ0) is 21.2. The highest BCUT2D eigenvalue weighted by Crippen LogP contribution is 2.13. The summed E-state index contributed by atoms with van der Waals surface area (Å²) in [7, 11) is 0. The first-order valence-electron chi connectivity index (χ1n) is 9.90. The van der Waals surface area contributed by atoms with Crippen molar-refractivity contribution in [2.75, 3.05) is 19.7 Å². The summed E-state index contributed by atoms with van der Waals surface area (Å²) in [5, 5.41) is 13.3. The number of ketones is 1. The molecule has 29 heavy (non-hydrogen) atoms. The number of Topliss-reactive ketones (excluding diaryl/α,β-unsaturated/α-hetero) is 1. The Balaban J connectivity index is 1.75. The van der Waals surface area contributed by atoms with Gasteiger partial charge in [0.05, 0.1) is 18.9 Å². The molecular weight excluding hydrogens is 374 g/mol. The van der Waals surface area contributed by atoms with E-state index in [2.05, 4.69) is 10.5 Å². The average Bonchev–Trinajstić information content (AvgIpc) is 2.71. The first-order chi connectivity index (χ1) is 13.8. The van der Waals surface area contributed by atoms with Crippen LogP contribution in [0.1, 0.15) is 55.5 Å². The van der Waals surface area contributed by atoms with Gasteiger partial charge < -0.3 is 14.7 Å². The predicted octanol–water partition coefficient (Wildman–Crippen LogP) is 2.35. The number of carbonyl (C=O) groups is 3. The third-order valence-electron chi connectivity index (χ3n) is 4.53. The van der Waals surface area contributed by atoms with Gasteiger partial charge in [0.15, 0.2) is 5.78 Å². The molecule has 0 radical (unpaired) electrons. The molecule has 2 amide bonds. The molecule has 0 unspecified atom stereocenters. The normalized spacial score (nSPS) is 15.0. The number of rotatable bonds is 8. The summed E-state index contributed by atoms with van der Waals surface area (Å²) in [5.41, 5.74) is 3.51. The number of hydrogen-bond donors (Lipinski definition) is 2. The Morgan fingerprint density at radius 2 is 1.86 bits per heavy atom. The van der Waals surface area contributed by atoms with Gasteiger partial charge in [0, 0.05) is 31.5 Å². The summed E-state index contributed by atoms with van der Waals surface area (Å²) in [5.74, 6) is 0.0940. The molecule has 1 aliphatic rings. The first-order valence-corrected chi connectivity index (χ1v) is 9.90. The molecule has 0 saturated carbocycles. The van der Waals surface area contributed by atoms with E-state index in [1.807, 2.05) is 13.8 Å². The summed E-state index contributed by atoms with van der Waals surface area (Å²) in [6.45, 7) is 5.28. The van der Waals surface area contributed by atoms with Crippen LogP contribution < -0.4 is 5.43 Å². The van der Waals surface area contributed by atoms with Crippen LogP contribution in [0.25, 0.3) is 0 Å². The molecule has 0 bridgehead atoms. The quantitative estimate of drug-likeness (QED) is 0.393. The Morgan fingerprint density at radius 3 is 2.48 bits per heavy atom. The predicted molar refractivity (Wildman–Crippen MR) is 109 cm³/mol. The van der Waals surface area contributed by atoms with Gasteiger partial charge >= 0.3 is 6.09 Å². The number of benzene rings is 1. The topological polar surface area (TPSA) is 108 Å². The minimum Gasteiger partial charge on any atom is -0.448 e. The Morgan fingerprint density at radius 1 is 1.21 bits per heavy atom. The van der Waals surface area contributed by atoms with E-state index in [-0.39, 0.29) is 36.6 Å². The number of aliphatic hydroxyl groups is 1. The Labute approximate surface area is 170 Å². The molecule has 0 aliphatic carbocycles. The van der Waals surface area contributed by atoms with Crippen LogP contribution in [-0.2, 0) is 9.53 Å². The van der Waals surface area contributed by atoms with Crippen molar-refractivity contribution in [1.29, 1.82) is 0 Å². The van der Waals surface area contributed by atoms with Crippen LogP contribution in [-0.4, -0.2) is 59.8 Å². The Hall–Kier alpha value is -2.74. The summed E-state index contributed by atoms with van der Waals surface area (Å²) in [6, 6.07) is 6.77. The van der Waals surface area contributed by atoms with Crippen molar-refractivity contribution in [3.05, 3.63) is 35.4 Å². The van der Waals surface area contributed by atoms with E-state index in [9.17, 15) is 19.5 Å². The number of likely N-dealkylation sites (tertiary alicyclic amines) is 1. The van der Waals surface area contributed by atoms with E-state index in [0.717, 1.165) is 0 Å². The molecule has 2 N–H and O–H groups in total. The molecule has 158 valence electrons. The Kier molecular flexibility index (Phi) is 8.79. The molecule has 0 aromatic heterocycles.